The Morgan fingerprint density at radius 1 is 0.967 bits per heavy atom. The molecule has 164 valence electrons. The zero-order chi connectivity index (χ0) is 21.3. The third-order valence-corrected chi connectivity index (χ3v) is 5.82. The Bertz CT molecular complexity index is 771. The Labute approximate surface area is 177 Å². The number of amides is 2. The summed E-state index contributed by atoms with van der Waals surface area (Å²) in [6.07, 6.45) is 12.7. The molecule has 2 amide bonds. The van der Waals surface area contributed by atoms with Crippen LogP contribution in [-0.2, 0) is 4.79 Å². The summed E-state index contributed by atoms with van der Waals surface area (Å²) in [5.74, 6) is 3.72. The van der Waals surface area contributed by atoms with Crippen LogP contribution in [0.2, 0.25) is 0 Å². The minimum Gasteiger partial charge on any atom is -0.382 e. The molecule has 0 aliphatic heterocycles. The molecule has 0 aromatic heterocycles. The highest BCUT2D eigenvalue weighted by Crippen LogP contribution is 2.30. The van der Waals surface area contributed by atoms with Crippen molar-refractivity contribution in [3.8, 4) is 0 Å². The Kier molecular flexibility index (Phi) is 8.07. The van der Waals surface area contributed by atoms with E-state index in [1.165, 1.54) is 24.6 Å². The van der Waals surface area contributed by atoms with Crippen molar-refractivity contribution in [2.45, 2.75) is 69.9 Å². The number of nitrogens with two attached hydrogens (primary N) is 1. The third-order valence-electron chi connectivity index (χ3n) is 5.82. The van der Waals surface area contributed by atoms with Crippen molar-refractivity contribution in [3.63, 3.8) is 0 Å². The van der Waals surface area contributed by atoms with Crippen LogP contribution in [0.5, 0.6) is 0 Å². The fourth-order valence-electron chi connectivity index (χ4n) is 4.21. The second kappa shape index (κ2) is 11.0. The molecule has 3 rings (SSSR count). The van der Waals surface area contributed by atoms with E-state index in [1.807, 2.05) is 5.43 Å². The van der Waals surface area contributed by atoms with Crippen LogP contribution in [0, 0.1) is 5.82 Å². The van der Waals surface area contributed by atoms with Crippen molar-refractivity contribution in [1.82, 2.24) is 10.7 Å². The average Bonchev–Trinajstić information content (AvgIpc) is 3.26. The van der Waals surface area contributed by atoms with Gasteiger partial charge in [-0.05, 0) is 37.8 Å². The lowest BCUT2D eigenvalue weighted by Crippen LogP contribution is -2.29. The van der Waals surface area contributed by atoms with Crippen LogP contribution in [-0.4, -0.2) is 30.4 Å². The molecule has 8 heteroatoms. The molecule has 6 N–H and O–H groups in total. The minimum atomic E-state index is -0.461. The first-order chi connectivity index (χ1) is 14.6. The van der Waals surface area contributed by atoms with E-state index in [2.05, 4.69) is 16.0 Å². The van der Waals surface area contributed by atoms with Gasteiger partial charge in [0.05, 0.1) is 11.3 Å². The van der Waals surface area contributed by atoms with Crippen molar-refractivity contribution < 1.29 is 14.0 Å². The topological polar surface area (TPSA) is 108 Å². The molecule has 7 nitrogen and oxygen atoms in total. The lowest BCUT2D eigenvalue weighted by Gasteiger charge is -2.25. The summed E-state index contributed by atoms with van der Waals surface area (Å²) < 4.78 is 14.8. The molecule has 0 spiro atoms. The number of hydrogen-bond donors (Lipinski definition) is 5. The average molecular weight is 418 g/mol. The van der Waals surface area contributed by atoms with Crippen LogP contribution in [0.4, 0.5) is 15.8 Å². The molecule has 0 radical (unpaired) electrons. The molecule has 2 aliphatic carbocycles. The third kappa shape index (κ3) is 6.19. The van der Waals surface area contributed by atoms with Crippen LogP contribution in [0.15, 0.2) is 24.3 Å². The van der Waals surface area contributed by atoms with Gasteiger partial charge in [0, 0.05) is 30.4 Å². The Balaban J connectivity index is 1.75. The number of anilines is 2. The Morgan fingerprint density at radius 2 is 1.57 bits per heavy atom. The standard InChI is InChI=1S/C22H32FN5O2/c23-18-13-17(22(30)25-12-6-11-21(29)28-24)19(26-15-9-4-5-10-15)14-20(18)27-16-7-2-1-3-8-16/h6,11,13-16,26-27H,1-5,7-10,12,24H2,(H,25,30)(H,28,29)/b11-6+. The molecule has 1 aromatic rings. The smallest absolute Gasteiger partial charge is 0.257 e. The summed E-state index contributed by atoms with van der Waals surface area (Å²) >= 11 is 0. The lowest BCUT2D eigenvalue weighted by molar-refractivity contribution is -0.116. The summed E-state index contributed by atoms with van der Waals surface area (Å²) in [4.78, 5) is 23.8. The lowest BCUT2D eigenvalue weighted by atomic mass is 9.95. The largest absolute Gasteiger partial charge is 0.382 e. The van der Waals surface area contributed by atoms with E-state index in [0.717, 1.165) is 51.4 Å². The molecule has 2 aliphatic rings. The van der Waals surface area contributed by atoms with Crippen molar-refractivity contribution in [2.75, 3.05) is 17.2 Å². The maximum atomic E-state index is 14.8. The van der Waals surface area contributed by atoms with Gasteiger partial charge in [0.2, 0.25) is 0 Å². The molecule has 2 fully saturated rings. The van der Waals surface area contributed by atoms with Gasteiger partial charge in [0.1, 0.15) is 5.82 Å². The fourth-order valence-corrected chi connectivity index (χ4v) is 4.21. The first-order valence-electron chi connectivity index (χ1n) is 10.9. The van der Waals surface area contributed by atoms with E-state index in [-0.39, 0.29) is 24.2 Å². The first-order valence-corrected chi connectivity index (χ1v) is 10.9. The molecule has 0 unspecified atom stereocenters. The Morgan fingerprint density at radius 3 is 2.20 bits per heavy atom. The predicted octanol–water partition coefficient (Wildman–Crippen LogP) is 3.20. The summed E-state index contributed by atoms with van der Waals surface area (Å²) in [5, 5.41) is 9.48. The monoisotopic (exact) mass is 417 g/mol. The van der Waals surface area contributed by atoms with E-state index in [0.29, 0.717) is 11.4 Å². The van der Waals surface area contributed by atoms with E-state index in [4.69, 9.17) is 5.84 Å². The number of hydrazine groups is 1. The minimum absolute atomic E-state index is 0.138. The highest BCUT2D eigenvalue weighted by Gasteiger charge is 2.22. The molecule has 0 heterocycles. The summed E-state index contributed by atoms with van der Waals surface area (Å²) in [6.45, 7) is 0.138. The quantitative estimate of drug-likeness (QED) is 0.193. The number of rotatable bonds is 8. The molecule has 0 atom stereocenters. The second-order valence-corrected chi connectivity index (χ2v) is 8.10. The normalized spacial score (nSPS) is 17.8. The molecule has 30 heavy (non-hydrogen) atoms. The van der Waals surface area contributed by atoms with Gasteiger partial charge in [-0.15, -0.1) is 0 Å². The number of carbonyl (C=O) groups excluding carboxylic acids is 2. The van der Waals surface area contributed by atoms with Gasteiger partial charge in [0.15, 0.2) is 0 Å². The fraction of sp³-hybridized carbons (Fsp3) is 0.545. The van der Waals surface area contributed by atoms with Crippen molar-refractivity contribution >= 4 is 23.2 Å². The van der Waals surface area contributed by atoms with E-state index >= 15 is 0 Å². The molecule has 0 bridgehead atoms. The number of benzene rings is 1. The van der Waals surface area contributed by atoms with Crippen LogP contribution in [0.3, 0.4) is 0 Å². The molecular formula is C22H32FN5O2. The van der Waals surface area contributed by atoms with E-state index in [1.54, 1.807) is 6.07 Å². The summed E-state index contributed by atoms with van der Waals surface area (Å²) in [7, 11) is 0. The zero-order valence-corrected chi connectivity index (χ0v) is 17.3. The van der Waals surface area contributed by atoms with Crippen molar-refractivity contribution in [1.29, 1.82) is 0 Å². The van der Waals surface area contributed by atoms with Gasteiger partial charge in [-0.1, -0.05) is 38.2 Å². The van der Waals surface area contributed by atoms with E-state index < -0.39 is 17.6 Å². The summed E-state index contributed by atoms with van der Waals surface area (Å²) in [5.41, 5.74) is 3.33. The number of hydrogen-bond acceptors (Lipinski definition) is 5. The zero-order valence-electron chi connectivity index (χ0n) is 17.3. The van der Waals surface area contributed by atoms with Crippen LogP contribution < -0.4 is 27.2 Å². The van der Waals surface area contributed by atoms with Crippen LogP contribution in [0.1, 0.15) is 68.1 Å². The summed E-state index contributed by atoms with van der Waals surface area (Å²) in [6, 6.07) is 3.59. The van der Waals surface area contributed by atoms with E-state index in [9.17, 15) is 14.0 Å². The van der Waals surface area contributed by atoms with Gasteiger partial charge < -0.3 is 16.0 Å². The SMILES string of the molecule is NNC(=O)/C=C/CNC(=O)c1cc(F)c(NC2CCCCC2)cc1NC1CCCC1. The van der Waals surface area contributed by atoms with Gasteiger partial charge in [0.25, 0.3) is 11.8 Å². The van der Waals surface area contributed by atoms with Gasteiger partial charge in [-0.2, -0.15) is 0 Å². The number of nitrogens with one attached hydrogen (secondary N) is 4. The maximum absolute atomic E-state index is 14.8. The molecule has 1 aromatic carbocycles. The predicted molar refractivity (Wildman–Crippen MR) is 117 cm³/mol. The first kappa shape index (κ1) is 22.1. The van der Waals surface area contributed by atoms with Gasteiger partial charge in [-0.3, -0.25) is 15.0 Å². The highest BCUT2D eigenvalue weighted by molar-refractivity contribution is 6.00. The molecule has 0 saturated heterocycles. The second-order valence-electron chi connectivity index (χ2n) is 8.10. The highest BCUT2D eigenvalue weighted by atomic mass is 19.1. The van der Waals surface area contributed by atoms with Crippen molar-refractivity contribution in [2.24, 2.45) is 5.84 Å². The Hall–Kier alpha value is -2.61. The van der Waals surface area contributed by atoms with Gasteiger partial charge in [-0.25, -0.2) is 10.2 Å². The molecule has 2 saturated carbocycles. The van der Waals surface area contributed by atoms with Crippen molar-refractivity contribution in [3.05, 3.63) is 35.7 Å². The number of carbonyl (C=O) groups is 2. The molecular weight excluding hydrogens is 385 g/mol. The number of halogens is 1. The van der Waals surface area contributed by atoms with Crippen LogP contribution >= 0.6 is 0 Å². The maximum Gasteiger partial charge on any atom is 0.257 e. The van der Waals surface area contributed by atoms with Crippen LogP contribution in [0.25, 0.3) is 0 Å². The van der Waals surface area contributed by atoms with Gasteiger partial charge >= 0.3 is 0 Å².